The van der Waals surface area contributed by atoms with Crippen molar-refractivity contribution in [2.24, 2.45) is 0 Å². The Bertz CT molecular complexity index is 233. The minimum absolute atomic E-state index is 1.12. The van der Waals surface area contributed by atoms with Crippen molar-refractivity contribution in [1.29, 1.82) is 0 Å². The van der Waals surface area contributed by atoms with E-state index in [9.17, 15) is 0 Å². The van der Waals surface area contributed by atoms with Gasteiger partial charge in [-0.25, -0.2) is 0 Å². The monoisotopic (exact) mass is 202 g/mol. The Kier molecular flexibility index (Phi) is 6.31. The summed E-state index contributed by atoms with van der Waals surface area (Å²) in [5.74, 6) is 0. The van der Waals surface area contributed by atoms with Crippen molar-refractivity contribution in [2.75, 3.05) is 0 Å². The molecule has 0 aliphatic carbocycles. The lowest BCUT2D eigenvalue weighted by Crippen LogP contribution is -1.78. The number of hydrogen-bond acceptors (Lipinski definition) is 1. The van der Waals surface area contributed by atoms with E-state index in [4.69, 9.17) is 10.7 Å². The molecule has 0 amide bonds. The SMILES string of the molecule is CC.Cc1ccc(SCl)cc1C. The van der Waals surface area contributed by atoms with Crippen LogP contribution in [0.5, 0.6) is 0 Å². The van der Waals surface area contributed by atoms with Gasteiger partial charge in [-0.3, -0.25) is 0 Å². The highest BCUT2D eigenvalue weighted by molar-refractivity contribution is 8.21. The molecule has 0 N–H and O–H groups in total. The van der Waals surface area contributed by atoms with Crippen LogP contribution in [0.1, 0.15) is 25.0 Å². The van der Waals surface area contributed by atoms with Gasteiger partial charge in [0.15, 0.2) is 0 Å². The molecule has 0 unspecified atom stereocenters. The molecule has 0 fully saturated rings. The lowest BCUT2D eigenvalue weighted by atomic mass is 10.1. The van der Waals surface area contributed by atoms with Crippen LogP contribution in [0.3, 0.4) is 0 Å². The van der Waals surface area contributed by atoms with Crippen molar-refractivity contribution in [3.63, 3.8) is 0 Å². The summed E-state index contributed by atoms with van der Waals surface area (Å²) in [6, 6.07) is 6.20. The first kappa shape index (κ1) is 11.9. The topological polar surface area (TPSA) is 0 Å². The fourth-order valence-electron chi connectivity index (χ4n) is 0.762. The van der Waals surface area contributed by atoms with Crippen LogP contribution in [0.25, 0.3) is 0 Å². The molecule has 0 radical (unpaired) electrons. The molecule has 0 spiro atoms. The molecule has 12 heavy (non-hydrogen) atoms. The van der Waals surface area contributed by atoms with E-state index in [-0.39, 0.29) is 0 Å². The molecule has 0 saturated heterocycles. The third-order valence-corrected chi connectivity index (χ3v) is 2.53. The Morgan fingerprint density at radius 3 is 2.08 bits per heavy atom. The minimum atomic E-state index is 1.12. The molecule has 0 nitrogen and oxygen atoms in total. The van der Waals surface area contributed by atoms with Gasteiger partial charge in [0, 0.05) is 4.90 Å². The smallest absolute Gasteiger partial charge is 0.0236 e. The minimum Gasteiger partial charge on any atom is -0.0683 e. The molecule has 0 saturated carbocycles. The number of hydrogen-bond donors (Lipinski definition) is 0. The van der Waals surface area contributed by atoms with Crippen LogP contribution in [-0.4, -0.2) is 0 Å². The summed E-state index contributed by atoms with van der Waals surface area (Å²) in [7, 11) is 6.83. The molecule has 1 aromatic rings. The molecule has 0 atom stereocenters. The molecule has 1 rings (SSSR count). The summed E-state index contributed by atoms with van der Waals surface area (Å²) < 4.78 is 0. The van der Waals surface area contributed by atoms with Gasteiger partial charge in [-0.2, -0.15) is 0 Å². The van der Waals surface area contributed by atoms with Crippen LogP contribution in [0.4, 0.5) is 0 Å². The predicted octanol–water partition coefficient (Wildman–Crippen LogP) is 4.58. The Labute approximate surface area is 83.8 Å². The van der Waals surface area contributed by atoms with E-state index in [1.807, 2.05) is 19.9 Å². The fourth-order valence-corrected chi connectivity index (χ4v) is 1.39. The van der Waals surface area contributed by atoms with E-state index < -0.39 is 0 Å². The van der Waals surface area contributed by atoms with Gasteiger partial charge >= 0.3 is 0 Å². The third-order valence-electron chi connectivity index (χ3n) is 1.57. The number of benzene rings is 1. The molecule has 0 aromatic heterocycles. The second-order valence-corrected chi connectivity index (χ2v) is 3.41. The highest BCUT2D eigenvalue weighted by atomic mass is 35.7. The maximum Gasteiger partial charge on any atom is 0.0236 e. The lowest BCUT2D eigenvalue weighted by molar-refractivity contribution is 1.28. The molecule has 0 bridgehead atoms. The van der Waals surface area contributed by atoms with Crippen molar-refractivity contribution in [3.8, 4) is 0 Å². The van der Waals surface area contributed by atoms with Crippen molar-refractivity contribution in [2.45, 2.75) is 32.6 Å². The molecule has 0 heterocycles. The lowest BCUT2D eigenvalue weighted by Gasteiger charge is -1.99. The molecular formula is C10H15ClS. The zero-order chi connectivity index (χ0) is 9.56. The van der Waals surface area contributed by atoms with Crippen LogP contribution >= 0.6 is 21.7 Å². The molecule has 1 aromatic carbocycles. The summed E-state index contributed by atoms with van der Waals surface area (Å²) in [4.78, 5) is 1.12. The van der Waals surface area contributed by atoms with Gasteiger partial charge < -0.3 is 0 Å². The van der Waals surface area contributed by atoms with Gasteiger partial charge in [0.25, 0.3) is 0 Å². The first-order valence-electron chi connectivity index (χ1n) is 4.10. The average Bonchev–Trinajstić information content (AvgIpc) is 2.13. The van der Waals surface area contributed by atoms with Gasteiger partial charge in [-0.05, 0) is 58.8 Å². The van der Waals surface area contributed by atoms with Crippen LogP contribution in [0, 0.1) is 13.8 Å². The molecule has 0 aliphatic rings. The van der Waals surface area contributed by atoms with E-state index in [2.05, 4.69) is 26.0 Å². The van der Waals surface area contributed by atoms with E-state index in [0.29, 0.717) is 0 Å². The van der Waals surface area contributed by atoms with Gasteiger partial charge in [0.1, 0.15) is 0 Å². The predicted molar refractivity (Wildman–Crippen MR) is 59.0 cm³/mol. The van der Waals surface area contributed by atoms with E-state index in [1.54, 1.807) is 0 Å². The van der Waals surface area contributed by atoms with Crippen LogP contribution in [-0.2, 0) is 0 Å². The Morgan fingerprint density at radius 2 is 1.67 bits per heavy atom. The standard InChI is InChI=1S/C8H9ClS.C2H6/c1-6-3-4-8(10-9)5-7(6)2;1-2/h3-5H,1-2H3;1-2H3. The van der Waals surface area contributed by atoms with E-state index in [1.165, 1.54) is 22.1 Å². The number of aryl methyl sites for hydroxylation is 2. The van der Waals surface area contributed by atoms with Gasteiger partial charge in [0.2, 0.25) is 0 Å². The maximum atomic E-state index is 5.57. The zero-order valence-corrected chi connectivity index (χ0v) is 9.59. The van der Waals surface area contributed by atoms with Crippen LogP contribution in [0.2, 0.25) is 0 Å². The largest absolute Gasteiger partial charge is 0.0683 e. The van der Waals surface area contributed by atoms with Crippen molar-refractivity contribution in [1.82, 2.24) is 0 Å². The number of rotatable bonds is 1. The second-order valence-electron chi connectivity index (χ2n) is 2.32. The fraction of sp³-hybridized carbons (Fsp3) is 0.400. The molecule has 0 aliphatic heterocycles. The maximum absolute atomic E-state index is 5.57. The summed E-state index contributed by atoms with van der Waals surface area (Å²) in [5, 5.41) is 0. The van der Waals surface area contributed by atoms with Crippen molar-refractivity contribution in [3.05, 3.63) is 29.3 Å². The van der Waals surface area contributed by atoms with Gasteiger partial charge in [-0.15, -0.1) is 0 Å². The third kappa shape index (κ3) is 3.51. The highest BCUT2D eigenvalue weighted by Crippen LogP contribution is 2.23. The zero-order valence-electron chi connectivity index (χ0n) is 8.02. The Hall–Kier alpha value is -0.140. The Balaban J connectivity index is 0.000000561. The van der Waals surface area contributed by atoms with Crippen molar-refractivity contribution < 1.29 is 0 Å². The van der Waals surface area contributed by atoms with Crippen LogP contribution in [0.15, 0.2) is 23.1 Å². The number of halogens is 1. The first-order valence-corrected chi connectivity index (χ1v) is 5.74. The molecule has 2 heteroatoms. The Morgan fingerprint density at radius 1 is 1.08 bits per heavy atom. The quantitative estimate of drug-likeness (QED) is 0.643. The summed E-state index contributed by atoms with van der Waals surface area (Å²) in [5.41, 5.74) is 2.61. The summed E-state index contributed by atoms with van der Waals surface area (Å²) >= 11 is 0. The van der Waals surface area contributed by atoms with Gasteiger partial charge in [-0.1, -0.05) is 19.9 Å². The normalized spacial score (nSPS) is 8.75. The van der Waals surface area contributed by atoms with E-state index >= 15 is 0 Å². The highest BCUT2D eigenvalue weighted by Gasteiger charge is 1.93. The molecule has 68 valence electrons. The summed E-state index contributed by atoms with van der Waals surface area (Å²) in [6.07, 6.45) is 0. The molecular weight excluding hydrogens is 188 g/mol. The average molecular weight is 203 g/mol. The van der Waals surface area contributed by atoms with E-state index in [0.717, 1.165) is 4.90 Å². The van der Waals surface area contributed by atoms with Crippen molar-refractivity contribution >= 4 is 21.7 Å². The second kappa shape index (κ2) is 6.38. The van der Waals surface area contributed by atoms with Gasteiger partial charge in [0.05, 0.1) is 0 Å². The first-order chi connectivity index (χ1) is 5.74. The van der Waals surface area contributed by atoms with Crippen LogP contribution < -0.4 is 0 Å². The summed E-state index contributed by atoms with van der Waals surface area (Å²) in [6.45, 7) is 8.18.